The van der Waals surface area contributed by atoms with Gasteiger partial charge in [0.2, 0.25) is 5.91 Å². The number of benzene rings is 2. The predicted octanol–water partition coefficient (Wildman–Crippen LogP) is 5.19. The van der Waals surface area contributed by atoms with E-state index in [1.165, 1.54) is 17.0 Å². The van der Waals surface area contributed by atoms with Crippen molar-refractivity contribution in [2.24, 2.45) is 5.92 Å². The molecule has 2 fully saturated rings. The Morgan fingerprint density at radius 2 is 1.60 bits per heavy atom. The number of sulfone groups is 2. The molecule has 2 aromatic rings. The van der Waals surface area contributed by atoms with Crippen LogP contribution >= 0.6 is 0 Å². The number of fused-ring (bicyclic) bond motifs is 3. The second-order valence-corrected chi connectivity index (χ2v) is 15.8. The van der Waals surface area contributed by atoms with Gasteiger partial charge in [0.05, 0.1) is 28.4 Å². The van der Waals surface area contributed by atoms with Crippen LogP contribution in [0.3, 0.4) is 0 Å². The van der Waals surface area contributed by atoms with E-state index >= 15 is 0 Å². The molecule has 1 amide bonds. The lowest BCUT2D eigenvalue weighted by molar-refractivity contribution is -0.348. The summed E-state index contributed by atoms with van der Waals surface area (Å²) in [4.78, 5) is 14.7. The Morgan fingerprint density at radius 3 is 2.14 bits per heavy atom. The summed E-state index contributed by atoms with van der Waals surface area (Å²) in [6, 6.07) is 6.33. The molecule has 6 nitrogen and oxygen atoms in total. The topological polar surface area (TPSA) is 88.6 Å². The van der Waals surface area contributed by atoms with E-state index in [-0.39, 0.29) is 54.0 Å². The Bertz CT molecular complexity index is 1640. The number of hydrogen-bond acceptors (Lipinski definition) is 5. The van der Waals surface area contributed by atoms with E-state index in [0.717, 1.165) is 11.6 Å². The maximum Gasteiger partial charge on any atom is 0.435 e. The molecule has 2 saturated heterocycles. The van der Waals surface area contributed by atoms with Crippen molar-refractivity contribution in [1.82, 2.24) is 4.90 Å². The average Bonchev–Trinajstić information content (AvgIpc) is 3.51. The number of halogens is 7. The van der Waals surface area contributed by atoms with Crippen molar-refractivity contribution in [2.75, 3.05) is 18.1 Å². The van der Waals surface area contributed by atoms with Crippen LogP contribution in [0, 0.1) is 5.92 Å². The zero-order valence-corrected chi connectivity index (χ0v) is 24.4. The van der Waals surface area contributed by atoms with Crippen LogP contribution in [0.4, 0.5) is 30.7 Å². The first-order valence-electron chi connectivity index (χ1n) is 13.6. The van der Waals surface area contributed by atoms with E-state index in [0.29, 0.717) is 18.6 Å². The second-order valence-electron chi connectivity index (χ2n) is 11.4. The Balaban J connectivity index is 1.68. The van der Waals surface area contributed by atoms with Gasteiger partial charge >= 0.3 is 18.0 Å². The molecule has 0 bridgehead atoms. The Morgan fingerprint density at radius 1 is 0.977 bits per heavy atom. The molecule has 236 valence electrons. The molecule has 2 aromatic carbocycles. The van der Waals surface area contributed by atoms with E-state index in [9.17, 15) is 52.4 Å². The van der Waals surface area contributed by atoms with E-state index in [1.807, 2.05) is 6.92 Å². The molecular weight excluding hydrogens is 627 g/mol. The maximum atomic E-state index is 15.0. The summed E-state index contributed by atoms with van der Waals surface area (Å²) in [5.41, 5.74) is -6.90. The summed E-state index contributed by atoms with van der Waals surface area (Å²) in [6.45, 7) is 1.72. The first-order valence-corrected chi connectivity index (χ1v) is 16.9. The lowest BCUT2D eigenvalue weighted by Crippen LogP contribution is -2.53. The SMILES string of the molecule is CCc1ccc(S(=O)(=O)C23CCN(C(=O)C4CCS(=O)(=O)C4)C2CCc2cc(C(F)(C(F)(F)F)C(F)(F)F)ccc23)cc1. The van der Waals surface area contributed by atoms with Crippen molar-refractivity contribution in [3.8, 4) is 0 Å². The number of hydrogen-bond donors (Lipinski definition) is 0. The van der Waals surface area contributed by atoms with Crippen molar-refractivity contribution in [3.63, 3.8) is 0 Å². The number of likely N-dealkylation sites (tertiary alicyclic amines) is 1. The van der Waals surface area contributed by atoms with Gasteiger partial charge in [0, 0.05) is 12.1 Å². The van der Waals surface area contributed by atoms with Crippen molar-refractivity contribution >= 4 is 25.6 Å². The molecule has 3 unspecified atom stereocenters. The quantitative estimate of drug-likeness (QED) is 0.414. The van der Waals surface area contributed by atoms with Gasteiger partial charge in [0.25, 0.3) is 0 Å². The van der Waals surface area contributed by atoms with Crippen LogP contribution in [0.15, 0.2) is 47.4 Å². The summed E-state index contributed by atoms with van der Waals surface area (Å²) in [6.07, 6.45) is -12.7. The highest BCUT2D eigenvalue weighted by Gasteiger charge is 2.74. The van der Waals surface area contributed by atoms with Crippen LogP contribution in [0.25, 0.3) is 0 Å². The Hall–Kier alpha value is -2.68. The van der Waals surface area contributed by atoms with E-state index in [2.05, 4.69) is 0 Å². The highest BCUT2D eigenvalue weighted by molar-refractivity contribution is 7.92. The van der Waals surface area contributed by atoms with E-state index < -0.39 is 71.6 Å². The molecule has 3 atom stereocenters. The highest BCUT2D eigenvalue weighted by Crippen LogP contribution is 2.57. The van der Waals surface area contributed by atoms with Crippen molar-refractivity contribution in [1.29, 1.82) is 0 Å². The first kappa shape index (κ1) is 31.7. The monoisotopic (exact) mass is 655 g/mol. The fraction of sp³-hybridized carbons (Fsp3) is 0.536. The van der Waals surface area contributed by atoms with Crippen molar-refractivity contribution in [3.05, 3.63) is 64.7 Å². The molecule has 2 heterocycles. The summed E-state index contributed by atoms with van der Waals surface area (Å²) < 4.78 is 147. The fourth-order valence-corrected chi connectivity index (χ4v) is 10.9. The normalized spacial score (nSPS) is 25.8. The van der Waals surface area contributed by atoms with Gasteiger partial charge in [-0.25, -0.2) is 21.2 Å². The minimum absolute atomic E-state index is 0.0516. The first-order chi connectivity index (χ1) is 19.8. The van der Waals surface area contributed by atoms with Gasteiger partial charge in [-0.15, -0.1) is 0 Å². The molecule has 0 N–H and O–H groups in total. The zero-order valence-electron chi connectivity index (χ0n) is 22.8. The van der Waals surface area contributed by atoms with Gasteiger partial charge in [0.1, 0.15) is 4.75 Å². The smallest absolute Gasteiger partial charge is 0.337 e. The van der Waals surface area contributed by atoms with Crippen molar-refractivity contribution < 1.29 is 52.4 Å². The van der Waals surface area contributed by atoms with E-state index in [4.69, 9.17) is 0 Å². The second kappa shape index (κ2) is 10.2. The number of alkyl halides is 7. The summed E-state index contributed by atoms with van der Waals surface area (Å²) >= 11 is 0. The molecule has 1 aliphatic carbocycles. The number of amides is 1. The van der Waals surface area contributed by atoms with Gasteiger partial charge in [-0.1, -0.05) is 37.3 Å². The number of carbonyl (C=O) groups excluding carboxylic acids is 1. The molecule has 15 heteroatoms. The van der Waals surface area contributed by atoms with Crippen LogP contribution in [0.1, 0.15) is 48.4 Å². The minimum Gasteiger partial charge on any atom is -0.337 e. The lowest BCUT2D eigenvalue weighted by Gasteiger charge is -2.43. The number of aryl methyl sites for hydroxylation is 2. The summed E-state index contributed by atoms with van der Waals surface area (Å²) in [5, 5.41) is 0. The standard InChI is InChI=1S/C28H28F7NO5S2/c1-2-17-3-7-21(8-4-17)43(40,41)25-12-13-36(24(37)19-11-14-42(38,39)16-19)23(25)10-5-18-15-20(6-9-22(18)25)26(29,27(30,31)32)28(33,34)35/h3-4,6-9,15,19,23H,2,5,10-14,16H2,1H3. The molecule has 3 aliphatic rings. The zero-order chi connectivity index (χ0) is 31.8. The largest absolute Gasteiger partial charge is 0.435 e. The van der Waals surface area contributed by atoms with Crippen LogP contribution in [-0.4, -0.2) is 64.1 Å². The van der Waals surface area contributed by atoms with E-state index in [1.54, 1.807) is 12.1 Å². The van der Waals surface area contributed by atoms with Crippen LogP contribution in [0.2, 0.25) is 0 Å². The molecule has 5 rings (SSSR count). The number of nitrogens with zero attached hydrogens (tertiary/aromatic N) is 1. The molecule has 43 heavy (non-hydrogen) atoms. The average molecular weight is 656 g/mol. The Labute approximate surface area is 244 Å². The van der Waals surface area contributed by atoms with Gasteiger partial charge in [-0.2, -0.15) is 26.3 Å². The molecular formula is C28H28F7NO5S2. The van der Waals surface area contributed by atoms with Crippen molar-refractivity contribution in [2.45, 2.75) is 72.7 Å². The Kier molecular flexibility index (Phi) is 7.51. The third kappa shape index (κ3) is 4.75. The lowest BCUT2D eigenvalue weighted by atomic mass is 9.76. The van der Waals surface area contributed by atoms with Gasteiger partial charge in [-0.3, -0.25) is 4.79 Å². The summed E-state index contributed by atoms with van der Waals surface area (Å²) in [5.74, 6) is -2.08. The molecule has 0 aromatic heterocycles. The van der Waals surface area contributed by atoms with Crippen LogP contribution in [0.5, 0.6) is 0 Å². The third-order valence-electron chi connectivity index (χ3n) is 9.05. The maximum absolute atomic E-state index is 15.0. The molecule has 0 radical (unpaired) electrons. The predicted molar refractivity (Wildman–Crippen MR) is 141 cm³/mol. The number of carbonyl (C=O) groups is 1. The molecule has 0 spiro atoms. The van der Waals surface area contributed by atoms with Gasteiger partial charge < -0.3 is 4.90 Å². The molecule has 2 aliphatic heterocycles. The van der Waals surface area contributed by atoms with Crippen LogP contribution < -0.4 is 0 Å². The summed E-state index contributed by atoms with van der Waals surface area (Å²) in [7, 11) is -7.94. The fourth-order valence-electron chi connectivity index (χ4n) is 6.83. The third-order valence-corrected chi connectivity index (χ3v) is 13.4. The number of rotatable bonds is 5. The minimum atomic E-state index is -6.35. The molecule has 0 saturated carbocycles. The highest BCUT2D eigenvalue weighted by atomic mass is 32.2. The van der Waals surface area contributed by atoms with Crippen LogP contribution in [-0.2, 0) is 47.7 Å². The van der Waals surface area contributed by atoms with Gasteiger partial charge in [0.15, 0.2) is 19.7 Å². The van der Waals surface area contributed by atoms with Gasteiger partial charge in [-0.05, 0) is 60.9 Å².